The lowest BCUT2D eigenvalue weighted by molar-refractivity contribution is 0.0248. The van der Waals surface area contributed by atoms with E-state index in [1.165, 1.54) is 0 Å². The van der Waals surface area contributed by atoms with Crippen molar-refractivity contribution in [3.05, 3.63) is 42.5 Å². The molecule has 2 saturated heterocycles. The highest BCUT2D eigenvalue weighted by atomic mass is 16.5. The average Bonchev–Trinajstić information content (AvgIpc) is 3.51. The number of morpholine rings is 2. The minimum absolute atomic E-state index is 0.0718. The molecule has 0 amide bonds. The number of nitrogens with one attached hydrogen (secondary N) is 1. The molecule has 1 N–H and O–H groups in total. The first-order valence-corrected chi connectivity index (χ1v) is 11.1. The van der Waals surface area contributed by atoms with Crippen LogP contribution in [0.4, 0.5) is 5.82 Å². The van der Waals surface area contributed by atoms with Gasteiger partial charge in [-0.1, -0.05) is 0 Å². The van der Waals surface area contributed by atoms with Crippen LogP contribution in [0, 0.1) is 0 Å². The fourth-order valence-corrected chi connectivity index (χ4v) is 4.27. The van der Waals surface area contributed by atoms with E-state index in [-0.39, 0.29) is 6.10 Å². The zero-order chi connectivity index (χ0) is 22.2. The van der Waals surface area contributed by atoms with Gasteiger partial charge < -0.3 is 24.3 Å². The molecule has 1 unspecified atom stereocenters. The third-order valence-corrected chi connectivity index (χ3v) is 6.01. The maximum absolute atomic E-state index is 5.85. The van der Waals surface area contributed by atoms with E-state index in [1.807, 2.05) is 36.0 Å². The minimum Gasteiger partial charge on any atom is -0.378 e. The Kier molecular flexibility index (Phi) is 5.21. The van der Waals surface area contributed by atoms with Crippen molar-refractivity contribution in [2.24, 2.45) is 7.05 Å². The fraction of sp³-hybridized carbons (Fsp3) is 0.409. The molecule has 170 valence electrons. The quantitative estimate of drug-likeness (QED) is 0.492. The molecule has 2 fully saturated rings. The Morgan fingerprint density at radius 3 is 2.67 bits per heavy atom. The molecule has 0 bridgehead atoms. The van der Waals surface area contributed by atoms with Gasteiger partial charge in [0.05, 0.1) is 25.5 Å². The number of pyridine rings is 1. The molecular weight excluding hydrogens is 422 g/mol. The van der Waals surface area contributed by atoms with Gasteiger partial charge in [-0.2, -0.15) is 15.1 Å². The van der Waals surface area contributed by atoms with Gasteiger partial charge in [-0.15, -0.1) is 0 Å². The number of hydrogen-bond donors (Lipinski definition) is 1. The summed E-state index contributed by atoms with van der Waals surface area (Å²) < 4.78 is 15.1. The van der Waals surface area contributed by atoms with Crippen LogP contribution in [0.15, 0.2) is 36.8 Å². The van der Waals surface area contributed by atoms with Crippen LogP contribution in [0.3, 0.4) is 0 Å². The second kappa shape index (κ2) is 8.50. The Bertz CT molecular complexity index is 1260. The summed E-state index contributed by atoms with van der Waals surface area (Å²) >= 11 is 0. The third kappa shape index (κ3) is 3.73. The number of ether oxygens (including phenoxy) is 2. The van der Waals surface area contributed by atoms with Crippen molar-refractivity contribution in [1.82, 2.24) is 39.6 Å². The van der Waals surface area contributed by atoms with Gasteiger partial charge in [-0.3, -0.25) is 4.98 Å². The molecular formula is C22H25N9O2. The predicted molar refractivity (Wildman–Crippen MR) is 121 cm³/mol. The van der Waals surface area contributed by atoms with Gasteiger partial charge >= 0.3 is 0 Å². The van der Waals surface area contributed by atoms with Gasteiger partial charge in [-0.25, -0.2) is 9.67 Å². The van der Waals surface area contributed by atoms with Crippen LogP contribution in [-0.2, 0) is 16.5 Å². The van der Waals surface area contributed by atoms with Crippen LogP contribution in [0.5, 0.6) is 0 Å². The summed E-state index contributed by atoms with van der Waals surface area (Å²) in [6.07, 6.45) is 5.35. The van der Waals surface area contributed by atoms with Crippen molar-refractivity contribution in [3.63, 3.8) is 0 Å². The zero-order valence-corrected chi connectivity index (χ0v) is 18.4. The van der Waals surface area contributed by atoms with Gasteiger partial charge in [0.15, 0.2) is 17.0 Å². The van der Waals surface area contributed by atoms with E-state index in [1.54, 1.807) is 17.1 Å². The van der Waals surface area contributed by atoms with E-state index in [0.717, 1.165) is 60.2 Å². The maximum atomic E-state index is 5.85. The Morgan fingerprint density at radius 2 is 1.88 bits per heavy atom. The van der Waals surface area contributed by atoms with Crippen molar-refractivity contribution in [3.8, 4) is 17.3 Å². The summed E-state index contributed by atoms with van der Waals surface area (Å²) in [5.74, 6) is 2.11. The van der Waals surface area contributed by atoms with Crippen LogP contribution in [0.25, 0.3) is 28.5 Å². The Morgan fingerprint density at radius 1 is 1.03 bits per heavy atom. The van der Waals surface area contributed by atoms with Gasteiger partial charge in [0, 0.05) is 57.4 Å². The van der Waals surface area contributed by atoms with Crippen LogP contribution in [-0.4, -0.2) is 80.3 Å². The van der Waals surface area contributed by atoms with E-state index in [9.17, 15) is 0 Å². The number of nitrogens with zero attached hydrogens (tertiary/aromatic N) is 8. The Hall–Kier alpha value is -3.41. The summed E-state index contributed by atoms with van der Waals surface area (Å²) in [4.78, 5) is 21.1. The van der Waals surface area contributed by atoms with Crippen molar-refractivity contribution in [2.75, 3.05) is 50.9 Å². The van der Waals surface area contributed by atoms with Crippen molar-refractivity contribution in [1.29, 1.82) is 0 Å². The highest BCUT2D eigenvalue weighted by molar-refractivity contribution is 5.87. The first-order chi connectivity index (χ1) is 16.3. The summed E-state index contributed by atoms with van der Waals surface area (Å²) in [7, 11) is 1.97. The lowest BCUT2D eigenvalue weighted by Gasteiger charge is -2.28. The monoisotopic (exact) mass is 447 g/mol. The van der Waals surface area contributed by atoms with Crippen LogP contribution in [0.1, 0.15) is 11.8 Å². The molecule has 11 heteroatoms. The Balaban J connectivity index is 1.47. The zero-order valence-electron chi connectivity index (χ0n) is 18.4. The van der Waals surface area contributed by atoms with Crippen molar-refractivity contribution < 1.29 is 9.47 Å². The molecule has 6 rings (SSSR count). The van der Waals surface area contributed by atoms with Crippen LogP contribution >= 0.6 is 0 Å². The topological polar surface area (TPSA) is 108 Å². The average molecular weight is 448 g/mol. The largest absolute Gasteiger partial charge is 0.378 e. The fourth-order valence-electron chi connectivity index (χ4n) is 4.27. The number of hydrogen-bond acceptors (Lipinski definition) is 9. The molecule has 6 heterocycles. The molecule has 0 aromatic carbocycles. The van der Waals surface area contributed by atoms with E-state index < -0.39 is 0 Å². The van der Waals surface area contributed by atoms with E-state index in [4.69, 9.17) is 29.5 Å². The van der Waals surface area contributed by atoms with Gasteiger partial charge in [0.25, 0.3) is 5.95 Å². The molecule has 0 saturated carbocycles. The van der Waals surface area contributed by atoms with Crippen LogP contribution < -0.4 is 10.2 Å². The standard InChI is InChI=1S/C22H25N9O2/c1-29-19(15-2-5-23-6-3-15)25-18-20(29)26-22(27-21(18)30-9-12-32-13-10-30)31-8-4-16(28-31)17-14-24-7-11-33-17/h2-6,8,17,24H,7,9-14H2,1H3. The predicted octanol–water partition coefficient (Wildman–Crippen LogP) is 1.11. The number of fused-ring (bicyclic) bond motifs is 1. The number of anilines is 1. The highest BCUT2D eigenvalue weighted by Crippen LogP contribution is 2.29. The van der Waals surface area contributed by atoms with E-state index >= 15 is 0 Å². The molecule has 11 nitrogen and oxygen atoms in total. The maximum Gasteiger partial charge on any atom is 0.254 e. The summed E-state index contributed by atoms with van der Waals surface area (Å²) in [5, 5.41) is 8.08. The molecule has 0 spiro atoms. The second-order valence-corrected chi connectivity index (χ2v) is 8.10. The van der Waals surface area contributed by atoms with Gasteiger partial charge in [0.1, 0.15) is 11.9 Å². The van der Waals surface area contributed by atoms with E-state index in [2.05, 4.69) is 15.2 Å². The van der Waals surface area contributed by atoms with Gasteiger partial charge in [0.2, 0.25) is 0 Å². The van der Waals surface area contributed by atoms with Crippen LogP contribution in [0.2, 0.25) is 0 Å². The third-order valence-electron chi connectivity index (χ3n) is 6.01. The SMILES string of the molecule is Cn1c(-c2ccncc2)nc2c(N3CCOCC3)nc(-n3ccc(C4CNCCO4)n3)nc21. The van der Waals surface area contributed by atoms with Crippen molar-refractivity contribution in [2.45, 2.75) is 6.10 Å². The smallest absolute Gasteiger partial charge is 0.254 e. The number of imidazole rings is 1. The summed E-state index contributed by atoms with van der Waals surface area (Å²) in [5.41, 5.74) is 3.35. The minimum atomic E-state index is -0.0718. The molecule has 0 radical (unpaired) electrons. The summed E-state index contributed by atoms with van der Waals surface area (Å²) in [6.45, 7) is 5.09. The molecule has 2 aliphatic heterocycles. The molecule has 33 heavy (non-hydrogen) atoms. The Labute approximate surface area is 190 Å². The lowest BCUT2D eigenvalue weighted by atomic mass is 10.2. The molecule has 4 aromatic heterocycles. The molecule has 0 aliphatic carbocycles. The molecule has 2 aliphatic rings. The normalized spacial score (nSPS) is 19.3. The second-order valence-electron chi connectivity index (χ2n) is 8.10. The molecule has 4 aromatic rings. The lowest BCUT2D eigenvalue weighted by Crippen LogP contribution is -2.37. The first kappa shape index (κ1) is 20.2. The first-order valence-electron chi connectivity index (χ1n) is 11.1. The number of aryl methyl sites for hydroxylation is 1. The summed E-state index contributed by atoms with van der Waals surface area (Å²) in [6, 6.07) is 5.86. The molecule has 1 atom stereocenters. The van der Waals surface area contributed by atoms with Gasteiger partial charge in [-0.05, 0) is 18.2 Å². The van der Waals surface area contributed by atoms with E-state index in [0.29, 0.717) is 25.8 Å². The number of aromatic nitrogens is 7. The highest BCUT2D eigenvalue weighted by Gasteiger charge is 2.24. The van der Waals surface area contributed by atoms with Crippen molar-refractivity contribution >= 4 is 17.0 Å². The number of rotatable bonds is 4.